The van der Waals surface area contributed by atoms with Crippen molar-refractivity contribution in [1.82, 2.24) is 5.32 Å². The Morgan fingerprint density at radius 3 is 3.06 bits per heavy atom. The van der Waals surface area contributed by atoms with Gasteiger partial charge in [-0.2, -0.15) is 0 Å². The van der Waals surface area contributed by atoms with Crippen LogP contribution in [-0.2, 0) is 0 Å². The second-order valence-electron chi connectivity index (χ2n) is 4.71. The lowest BCUT2D eigenvalue weighted by atomic mass is 9.91. The smallest absolute Gasteiger partial charge is 0.0376 e. The van der Waals surface area contributed by atoms with E-state index in [1.807, 2.05) is 0 Å². The third-order valence-electron chi connectivity index (χ3n) is 3.03. The van der Waals surface area contributed by atoms with E-state index < -0.39 is 0 Å². The third-order valence-corrected chi connectivity index (χ3v) is 3.53. The van der Waals surface area contributed by atoms with Crippen molar-refractivity contribution in [2.75, 3.05) is 18.4 Å². The summed E-state index contributed by atoms with van der Waals surface area (Å²) in [6.45, 7) is 6.55. The van der Waals surface area contributed by atoms with Gasteiger partial charge in [-0.15, -0.1) is 0 Å². The summed E-state index contributed by atoms with van der Waals surface area (Å²) in [5.41, 5.74) is 2.73. The topological polar surface area (TPSA) is 24.1 Å². The summed E-state index contributed by atoms with van der Waals surface area (Å²) in [6.07, 6.45) is 1.21. The first-order chi connectivity index (χ1) is 7.66. The fourth-order valence-corrected chi connectivity index (χ4v) is 2.54. The molecule has 1 aromatic carbocycles. The highest BCUT2D eigenvalue weighted by molar-refractivity contribution is 9.10. The van der Waals surface area contributed by atoms with E-state index >= 15 is 0 Å². The maximum atomic E-state index is 3.55. The number of anilines is 1. The molecule has 1 aromatic rings. The molecule has 0 amide bonds. The summed E-state index contributed by atoms with van der Waals surface area (Å²) in [7, 11) is 0. The Bertz CT molecular complexity index is 363. The van der Waals surface area contributed by atoms with Gasteiger partial charge in [0.2, 0.25) is 0 Å². The molecule has 1 aliphatic rings. The summed E-state index contributed by atoms with van der Waals surface area (Å²) >= 11 is 3.55. The van der Waals surface area contributed by atoms with E-state index in [2.05, 4.69) is 58.6 Å². The SMILES string of the molecule is CC(C)NCC1CCNc2ccc(Br)cc21. The molecule has 0 aliphatic carbocycles. The highest BCUT2D eigenvalue weighted by Crippen LogP contribution is 2.33. The summed E-state index contributed by atoms with van der Waals surface area (Å²) < 4.78 is 1.17. The first kappa shape index (κ1) is 11.9. The van der Waals surface area contributed by atoms with Crippen LogP contribution in [0.15, 0.2) is 22.7 Å². The molecule has 0 saturated heterocycles. The molecule has 0 fully saturated rings. The maximum absolute atomic E-state index is 3.55. The van der Waals surface area contributed by atoms with E-state index in [4.69, 9.17) is 0 Å². The molecule has 2 N–H and O–H groups in total. The Morgan fingerprint density at radius 2 is 2.31 bits per heavy atom. The summed E-state index contributed by atoms with van der Waals surface area (Å²) in [5, 5.41) is 6.99. The number of benzene rings is 1. The van der Waals surface area contributed by atoms with Crippen LogP contribution in [-0.4, -0.2) is 19.1 Å². The van der Waals surface area contributed by atoms with Gasteiger partial charge in [-0.25, -0.2) is 0 Å². The van der Waals surface area contributed by atoms with Crippen LogP contribution in [0.3, 0.4) is 0 Å². The second-order valence-corrected chi connectivity index (χ2v) is 5.62. The number of halogens is 1. The van der Waals surface area contributed by atoms with Gasteiger partial charge in [0, 0.05) is 35.2 Å². The van der Waals surface area contributed by atoms with Crippen molar-refractivity contribution < 1.29 is 0 Å². The number of nitrogens with one attached hydrogen (secondary N) is 2. The molecule has 1 aliphatic heterocycles. The van der Waals surface area contributed by atoms with Gasteiger partial charge >= 0.3 is 0 Å². The molecule has 0 saturated carbocycles. The van der Waals surface area contributed by atoms with Crippen molar-refractivity contribution in [2.45, 2.75) is 32.2 Å². The van der Waals surface area contributed by atoms with E-state index in [1.165, 1.54) is 22.1 Å². The summed E-state index contributed by atoms with van der Waals surface area (Å²) in [5.74, 6) is 0.635. The molecule has 1 atom stereocenters. The fourth-order valence-electron chi connectivity index (χ4n) is 2.16. The lowest BCUT2D eigenvalue weighted by Crippen LogP contribution is -2.31. The zero-order valence-electron chi connectivity index (χ0n) is 9.89. The summed E-state index contributed by atoms with van der Waals surface area (Å²) in [4.78, 5) is 0. The average molecular weight is 283 g/mol. The number of fused-ring (bicyclic) bond motifs is 1. The van der Waals surface area contributed by atoms with Crippen LogP contribution < -0.4 is 10.6 Å². The standard InChI is InChI=1S/C13H19BrN2/c1-9(2)16-8-10-5-6-15-13-4-3-11(14)7-12(10)13/h3-4,7,9-10,15-16H,5-6,8H2,1-2H3. The molecule has 2 rings (SSSR count). The van der Waals surface area contributed by atoms with E-state index in [1.54, 1.807) is 0 Å². The van der Waals surface area contributed by atoms with Gasteiger partial charge in [0.25, 0.3) is 0 Å². The van der Waals surface area contributed by atoms with Gasteiger partial charge in [0.05, 0.1) is 0 Å². The van der Waals surface area contributed by atoms with Gasteiger partial charge in [-0.1, -0.05) is 29.8 Å². The zero-order chi connectivity index (χ0) is 11.5. The van der Waals surface area contributed by atoms with Crippen LogP contribution in [0.25, 0.3) is 0 Å². The van der Waals surface area contributed by atoms with Crippen molar-refractivity contribution in [3.05, 3.63) is 28.2 Å². The molecule has 0 spiro atoms. The van der Waals surface area contributed by atoms with Gasteiger partial charge < -0.3 is 10.6 Å². The van der Waals surface area contributed by atoms with Gasteiger partial charge in [0.15, 0.2) is 0 Å². The van der Waals surface area contributed by atoms with Crippen LogP contribution in [0, 0.1) is 0 Å². The largest absolute Gasteiger partial charge is 0.385 e. The van der Waals surface area contributed by atoms with Crippen LogP contribution in [0.2, 0.25) is 0 Å². The Labute approximate surface area is 106 Å². The molecule has 0 aromatic heterocycles. The Balaban J connectivity index is 2.15. The minimum Gasteiger partial charge on any atom is -0.385 e. The molecule has 0 radical (unpaired) electrons. The zero-order valence-corrected chi connectivity index (χ0v) is 11.5. The first-order valence-electron chi connectivity index (χ1n) is 5.93. The highest BCUT2D eigenvalue weighted by atomic mass is 79.9. The van der Waals surface area contributed by atoms with E-state index in [-0.39, 0.29) is 0 Å². The van der Waals surface area contributed by atoms with Crippen LogP contribution >= 0.6 is 15.9 Å². The van der Waals surface area contributed by atoms with Crippen molar-refractivity contribution in [3.8, 4) is 0 Å². The van der Waals surface area contributed by atoms with E-state index in [0.29, 0.717) is 12.0 Å². The van der Waals surface area contributed by atoms with E-state index in [0.717, 1.165) is 13.1 Å². The number of hydrogen-bond donors (Lipinski definition) is 2. The molecule has 2 nitrogen and oxygen atoms in total. The molecule has 1 heterocycles. The monoisotopic (exact) mass is 282 g/mol. The summed E-state index contributed by atoms with van der Waals surface area (Å²) in [6, 6.07) is 7.07. The van der Waals surface area contributed by atoms with Gasteiger partial charge in [0.1, 0.15) is 0 Å². The first-order valence-corrected chi connectivity index (χ1v) is 6.73. The Morgan fingerprint density at radius 1 is 1.50 bits per heavy atom. The minimum absolute atomic E-state index is 0.561. The van der Waals surface area contributed by atoms with Gasteiger partial charge in [-0.3, -0.25) is 0 Å². The van der Waals surface area contributed by atoms with Crippen LogP contribution in [0.4, 0.5) is 5.69 Å². The van der Waals surface area contributed by atoms with Crippen molar-refractivity contribution in [3.63, 3.8) is 0 Å². The number of hydrogen-bond acceptors (Lipinski definition) is 2. The molecule has 3 heteroatoms. The second kappa shape index (κ2) is 5.19. The average Bonchev–Trinajstić information content (AvgIpc) is 2.26. The maximum Gasteiger partial charge on any atom is 0.0376 e. The Hall–Kier alpha value is -0.540. The van der Waals surface area contributed by atoms with Crippen molar-refractivity contribution in [1.29, 1.82) is 0 Å². The third kappa shape index (κ3) is 2.77. The molecule has 0 bridgehead atoms. The highest BCUT2D eigenvalue weighted by Gasteiger charge is 2.19. The van der Waals surface area contributed by atoms with Crippen molar-refractivity contribution >= 4 is 21.6 Å². The lowest BCUT2D eigenvalue weighted by molar-refractivity contribution is 0.509. The van der Waals surface area contributed by atoms with Gasteiger partial charge in [-0.05, 0) is 30.2 Å². The predicted octanol–water partition coefficient (Wildman–Crippen LogP) is 3.35. The molecular weight excluding hydrogens is 264 g/mol. The normalized spacial score (nSPS) is 19.4. The lowest BCUT2D eigenvalue weighted by Gasteiger charge is -2.28. The number of rotatable bonds is 3. The molecular formula is C13H19BrN2. The van der Waals surface area contributed by atoms with Crippen LogP contribution in [0.5, 0.6) is 0 Å². The predicted molar refractivity (Wildman–Crippen MR) is 73.1 cm³/mol. The minimum atomic E-state index is 0.561. The van der Waals surface area contributed by atoms with Crippen LogP contribution in [0.1, 0.15) is 31.7 Å². The van der Waals surface area contributed by atoms with E-state index in [9.17, 15) is 0 Å². The quantitative estimate of drug-likeness (QED) is 0.889. The van der Waals surface area contributed by atoms with Crippen molar-refractivity contribution in [2.24, 2.45) is 0 Å². The fraction of sp³-hybridized carbons (Fsp3) is 0.538. The molecule has 88 valence electrons. The molecule has 16 heavy (non-hydrogen) atoms. The molecule has 1 unspecified atom stereocenters. The Kier molecular flexibility index (Phi) is 3.87.